The summed E-state index contributed by atoms with van der Waals surface area (Å²) in [5, 5.41) is 11.5. The largest absolute Gasteiger partial charge is 0.363 e. The van der Waals surface area contributed by atoms with Gasteiger partial charge >= 0.3 is 0 Å². The second kappa shape index (κ2) is 17.1. The summed E-state index contributed by atoms with van der Waals surface area (Å²) < 4.78 is 7.35. The smallest absolute Gasteiger partial charge is 0.129 e. The van der Waals surface area contributed by atoms with Crippen molar-refractivity contribution in [3.63, 3.8) is 0 Å². The molecule has 0 radical (unpaired) electrons. The van der Waals surface area contributed by atoms with Crippen molar-refractivity contribution in [1.82, 2.24) is 19.0 Å². The Morgan fingerprint density at radius 1 is 0.338 bits per heavy atom. The number of nitrogens with zero attached hydrogens (tertiary/aromatic N) is 4. The van der Waals surface area contributed by atoms with Crippen LogP contribution in [0, 0.1) is 33.6 Å². The molecule has 1 aliphatic heterocycles. The summed E-state index contributed by atoms with van der Waals surface area (Å²) >= 11 is 0. The highest BCUT2D eigenvalue weighted by atomic mass is 15.1. The van der Waals surface area contributed by atoms with Crippen LogP contribution in [0.15, 0.2) is 223 Å². The highest BCUT2D eigenvalue weighted by Gasteiger charge is 2.33. The number of amidine groups is 1. The molecule has 1 aliphatic rings. The van der Waals surface area contributed by atoms with E-state index in [2.05, 4.69) is 272 Å². The summed E-state index contributed by atoms with van der Waals surface area (Å²) in [5.74, 6) is 1.13. The maximum Gasteiger partial charge on any atom is 0.129 e. The molecule has 3 unspecified atom stereocenters. The van der Waals surface area contributed by atoms with E-state index in [1.54, 1.807) is 0 Å². The molecule has 5 heteroatoms. The number of fused-ring (bicyclic) bond motifs is 9. The number of aliphatic imine (C=N–C) groups is 1. The monoisotopic (exact) mass is 953 g/mol. The van der Waals surface area contributed by atoms with Gasteiger partial charge in [0.1, 0.15) is 5.84 Å². The van der Waals surface area contributed by atoms with Crippen molar-refractivity contribution in [3.05, 3.63) is 257 Å². The molecule has 3 atom stereocenters. The fourth-order valence-electron chi connectivity index (χ4n) is 12.2. The van der Waals surface area contributed by atoms with Gasteiger partial charge < -0.3 is 19.0 Å². The molecule has 0 amide bonds. The number of hydrogen-bond donors (Lipinski definition) is 1. The molecular weight excluding hydrogens is 899 g/mol. The van der Waals surface area contributed by atoms with Gasteiger partial charge in [0.15, 0.2) is 0 Å². The van der Waals surface area contributed by atoms with Crippen LogP contribution < -0.4 is 5.32 Å². The zero-order valence-electron chi connectivity index (χ0n) is 42.3. The van der Waals surface area contributed by atoms with Crippen molar-refractivity contribution < 1.29 is 0 Å². The standard InChI is InChI=1S/C69H55N5/c1-42-16-32-61-57(36-42)58-37-43(2)17-33-62(58)72(61)52-25-20-47(21-26-52)51-24-30-55-56-31-29-54(74-63-34-18-44(3)38-59(63)60-39-45(4)19-35-64(60)74)41-66(56)73(65(55)40-51)53-27-22-49(23-28-53)68-46(5)67(48-12-8-6-9-13-48)70-69(71-68)50-14-10-7-11-15-50/h6-41,46,67-68H,1-5H3,(H,70,71). The van der Waals surface area contributed by atoms with Gasteiger partial charge in [0.25, 0.3) is 0 Å². The average Bonchev–Trinajstić information content (AvgIpc) is 4.08. The molecule has 0 saturated carbocycles. The van der Waals surface area contributed by atoms with Crippen LogP contribution in [0.5, 0.6) is 0 Å². The Hall–Kier alpha value is -8.93. The SMILES string of the molecule is Cc1ccc2c(c1)c1cc(C)ccc1n2-c1ccc(-c2ccc3c4ccc(-n5c6ccc(C)cc6c6cc(C)ccc65)cc4n(-c4ccc(C5NC(c6ccccc6)=NC(c6ccccc6)C5C)cc4)c3c2)cc1. The molecule has 1 N–H and O–H groups in total. The summed E-state index contributed by atoms with van der Waals surface area (Å²) in [5.41, 5.74) is 21.6. The third kappa shape index (κ3) is 7.09. The zero-order valence-corrected chi connectivity index (χ0v) is 42.3. The first-order chi connectivity index (χ1) is 36.2. The van der Waals surface area contributed by atoms with E-state index >= 15 is 0 Å². The molecule has 10 aromatic carbocycles. The first-order valence-corrected chi connectivity index (χ1v) is 26.0. The van der Waals surface area contributed by atoms with Gasteiger partial charge in [-0.1, -0.05) is 157 Å². The maximum absolute atomic E-state index is 5.36. The van der Waals surface area contributed by atoms with Gasteiger partial charge in [0, 0.05) is 60.9 Å². The molecule has 4 heterocycles. The Balaban J connectivity index is 0.919. The van der Waals surface area contributed by atoms with Crippen LogP contribution in [0.25, 0.3) is 93.6 Å². The predicted octanol–water partition coefficient (Wildman–Crippen LogP) is 17.3. The number of hydrogen-bond acceptors (Lipinski definition) is 2. The first kappa shape index (κ1) is 43.8. The minimum atomic E-state index is 0.00441. The quantitative estimate of drug-likeness (QED) is 0.170. The Morgan fingerprint density at radius 2 is 0.770 bits per heavy atom. The van der Waals surface area contributed by atoms with Gasteiger partial charge in [-0.2, -0.15) is 0 Å². The van der Waals surface area contributed by atoms with Crippen molar-refractivity contribution >= 4 is 71.3 Å². The highest BCUT2D eigenvalue weighted by molar-refractivity contribution is 6.13. The third-order valence-corrected chi connectivity index (χ3v) is 15.9. The molecular formula is C69H55N5. The molecule has 0 bridgehead atoms. The second-order valence-electron chi connectivity index (χ2n) is 20.8. The molecule has 0 fully saturated rings. The number of rotatable bonds is 7. The molecule has 0 spiro atoms. The lowest BCUT2D eigenvalue weighted by Gasteiger charge is -2.36. The fourth-order valence-corrected chi connectivity index (χ4v) is 12.2. The van der Waals surface area contributed by atoms with Crippen LogP contribution in [-0.4, -0.2) is 19.5 Å². The maximum atomic E-state index is 5.36. The lowest BCUT2D eigenvalue weighted by atomic mass is 9.83. The molecule has 0 saturated heterocycles. The predicted molar refractivity (Wildman–Crippen MR) is 311 cm³/mol. The van der Waals surface area contributed by atoms with E-state index in [-0.39, 0.29) is 18.0 Å². The summed E-state index contributed by atoms with van der Waals surface area (Å²) in [4.78, 5) is 5.36. The molecule has 0 aliphatic carbocycles. The fraction of sp³-hybridized carbons (Fsp3) is 0.116. The van der Waals surface area contributed by atoms with E-state index in [9.17, 15) is 0 Å². The van der Waals surface area contributed by atoms with Crippen LogP contribution in [-0.2, 0) is 0 Å². The summed E-state index contributed by atoms with van der Waals surface area (Å²) in [6, 6.07) is 81.2. The third-order valence-electron chi connectivity index (χ3n) is 15.9. The Bertz CT molecular complexity index is 4260. The van der Waals surface area contributed by atoms with Gasteiger partial charge in [0.2, 0.25) is 0 Å². The Labute approximate surface area is 431 Å². The molecule has 74 heavy (non-hydrogen) atoms. The lowest BCUT2D eigenvalue weighted by Crippen LogP contribution is -2.40. The number of nitrogens with one attached hydrogen (secondary N) is 1. The second-order valence-corrected chi connectivity index (χ2v) is 20.8. The van der Waals surface area contributed by atoms with Gasteiger partial charge in [-0.05, 0) is 141 Å². The van der Waals surface area contributed by atoms with Crippen molar-refractivity contribution in [3.8, 4) is 28.2 Å². The van der Waals surface area contributed by atoms with E-state index in [4.69, 9.17) is 4.99 Å². The van der Waals surface area contributed by atoms with Gasteiger partial charge in [-0.25, -0.2) is 0 Å². The van der Waals surface area contributed by atoms with E-state index in [1.807, 2.05) is 0 Å². The van der Waals surface area contributed by atoms with Crippen LogP contribution in [0.1, 0.15) is 58.0 Å². The van der Waals surface area contributed by atoms with Crippen LogP contribution >= 0.6 is 0 Å². The molecule has 14 rings (SSSR count). The van der Waals surface area contributed by atoms with Crippen LogP contribution in [0.4, 0.5) is 0 Å². The van der Waals surface area contributed by atoms with E-state index in [0.29, 0.717) is 0 Å². The van der Waals surface area contributed by atoms with E-state index in [1.165, 1.54) is 104 Å². The van der Waals surface area contributed by atoms with Gasteiger partial charge in [-0.15, -0.1) is 0 Å². The molecule has 5 nitrogen and oxygen atoms in total. The normalized spacial score (nSPS) is 16.0. The number of benzene rings is 10. The van der Waals surface area contributed by atoms with Crippen molar-refractivity contribution in [1.29, 1.82) is 0 Å². The van der Waals surface area contributed by atoms with Gasteiger partial charge in [0.05, 0.1) is 45.2 Å². The average molecular weight is 954 g/mol. The minimum Gasteiger partial charge on any atom is -0.363 e. The zero-order chi connectivity index (χ0) is 49.8. The Kier molecular flexibility index (Phi) is 10.1. The topological polar surface area (TPSA) is 39.2 Å². The number of aromatic nitrogens is 3. The van der Waals surface area contributed by atoms with Gasteiger partial charge in [-0.3, -0.25) is 4.99 Å². The van der Waals surface area contributed by atoms with Crippen molar-refractivity contribution in [2.24, 2.45) is 10.9 Å². The van der Waals surface area contributed by atoms with E-state index < -0.39 is 0 Å². The molecule has 356 valence electrons. The summed E-state index contributed by atoms with van der Waals surface area (Å²) in [7, 11) is 0. The Morgan fingerprint density at radius 3 is 1.31 bits per heavy atom. The summed E-state index contributed by atoms with van der Waals surface area (Å²) in [6.45, 7) is 11.1. The summed E-state index contributed by atoms with van der Waals surface area (Å²) in [6.07, 6.45) is 0. The highest BCUT2D eigenvalue weighted by Crippen LogP contribution is 2.42. The number of aryl methyl sites for hydroxylation is 4. The van der Waals surface area contributed by atoms with Crippen molar-refractivity contribution in [2.45, 2.75) is 46.7 Å². The van der Waals surface area contributed by atoms with E-state index in [0.717, 1.165) is 34.0 Å². The lowest BCUT2D eigenvalue weighted by molar-refractivity contribution is 0.348. The van der Waals surface area contributed by atoms with Crippen LogP contribution in [0.3, 0.4) is 0 Å². The molecule has 13 aromatic rings. The minimum absolute atomic E-state index is 0.00441. The first-order valence-electron chi connectivity index (χ1n) is 26.0. The van der Waals surface area contributed by atoms with Crippen LogP contribution in [0.2, 0.25) is 0 Å². The van der Waals surface area contributed by atoms with Crippen molar-refractivity contribution in [2.75, 3.05) is 0 Å². The molecule has 3 aromatic heterocycles.